The monoisotopic (exact) mass is 597 g/mol. The van der Waals surface area contributed by atoms with E-state index in [4.69, 9.17) is 0 Å². The Morgan fingerprint density at radius 3 is 1.55 bits per heavy atom. The van der Waals surface area contributed by atoms with E-state index in [9.17, 15) is 79.4 Å². The molecule has 1 N–H and O–H groups in total. The van der Waals surface area contributed by atoms with Gasteiger partial charge in [0.2, 0.25) is 5.83 Å². The first-order chi connectivity index (χ1) is 16.8. The summed E-state index contributed by atoms with van der Waals surface area (Å²) in [7, 11) is 0.742. The molecular formula is C17H8F17NO3. The molecule has 1 aromatic carbocycles. The van der Waals surface area contributed by atoms with E-state index in [1.165, 1.54) is 0 Å². The van der Waals surface area contributed by atoms with E-state index in [0.29, 0.717) is 6.07 Å². The predicted octanol–water partition coefficient (Wildman–Crippen LogP) is 7.73. The van der Waals surface area contributed by atoms with Gasteiger partial charge in [-0.1, -0.05) is 12.1 Å². The summed E-state index contributed by atoms with van der Waals surface area (Å²) in [5.41, 5.74) is -0.816. The SMILES string of the molecule is COC(=O)Nc1ccccc1OC(F)=C(F)C(F)(F)C(F)(F)C(F)(F)C(F)(F)C(F)(F)C(F)(F)C(F)(F)F. The van der Waals surface area contributed by atoms with E-state index in [0.717, 1.165) is 25.3 Å². The molecule has 1 rings (SSSR count). The van der Waals surface area contributed by atoms with Crippen molar-refractivity contribution in [2.24, 2.45) is 0 Å². The maximum Gasteiger partial charge on any atom is 0.460 e. The van der Waals surface area contributed by atoms with Crippen molar-refractivity contribution in [3.05, 3.63) is 36.1 Å². The fraction of sp³-hybridized carbons (Fsp3) is 0.471. The second-order valence-corrected chi connectivity index (χ2v) is 6.75. The van der Waals surface area contributed by atoms with Crippen LogP contribution in [-0.4, -0.2) is 54.9 Å². The van der Waals surface area contributed by atoms with Gasteiger partial charge in [-0.05, 0) is 12.1 Å². The minimum Gasteiger partial charge on any atom is -0.453 e. The Hall–Kier alpha value is -3.16. The predicted molar refractivity (Wildman–Crippen MR) is 88.1 cm³/mol. The number of alkyl halides is 15. The number of carbonyl (C=O) groups is 1. The van der Waals surface area contributed by atoms with Crippen molar-refractivity contribution in [1.82, 2.24) is 0 Å². The van der Waals surface area contributed by atoms with Crippen molar-refractivity contribution >= 4 is 11.8 Å². The number of carbonyl (C=O) groups excluding carboxylic acids is 1. The summed E-state index contributed by atoms with van der Waals surface area (Å²) in [6, 6.07) is -0.662. The molecule has 4 nitrogen and oxygen atoms in total. The summed E-state index contributed by atoms with van der Waals surface area (Å²) in [5, 5.41) is 1.66. The molecule has 0 bridgehead atoms. The van der Waals surface area contributed by atoms with Gasteiger partial charge < -0.3 is 9.47 Å². The molecule has 21 heteroatoms. The lowest BCUT2D eigenvalue weighted by molar-refractivity contribution is -0.451. The third-order valence-electron chi connectivity index (χ3n) is 4.28. The molecule has 0 aliphatic carbocycles. The maximum absolute atomic E-state index is 13.8. The molecule has 0 aliphatic heterocycles. The fourth-order valence-electron chi connectivity index (χ4n) is 2.19. The van der Waals surface area contributed by atoms with Gasteiger partial charge in [-0.2, -0.15) is 74.6 Å². The Balaban J connectivity index is 3.60. The average Bonchev–Trinajstić information content (AvgIpc) is 2.78. The smallest absolute Gasteiger partial charge is 0.453 e. The van der Waals surface area contributed by atoms with E-state index in [-0.39, 0.29) is 0 Å². The second kappa shape index (κ2) is 9.86. The Morgan fingerprint density at radius 2 is 1.11 bits per heavy atom. The zero-order chi connectivity index (χ0) is 30.3. The molecule has 0 fully saturated rings. The Labute approximate surface area is 198 Å². The van der Waals surface area contributed by atoms with Gasteiger partial charge >= 0.3 is 53.8 Å². The average molecular weight is 597 g/mol. The number of halogens is 17. The Bertz CT molecular complexity index is 1060. The first-order valence-electron chi connectivity index (χ1n) is 8.76. The topological polar surface area (TPSA) is 47.6 Å². The van der Waals surface area contributed by atoms with Crippen LogP contribution in [0.5, 0.6) is 5.75 Å². The molecule has 0 aliphatic rings. The summed E-state index contributed by atoms with van der Waals surface area (Å²) in [4.78, 5) is 11.1. The lowest BCUT2D eigenvalue weighted by atomic mass is 9.91. The van der Waals surface area contributed by atoms with Crippen LogP contribution in [0.4, 0.5) is 85.1 Å². The normalized spacial score (nSPS) is 15.1. The van der Waals surface area contributed by atoms with Crippen LogP contribution in [0.25, 0.3) is 0 Å². The van der Waals surface area contributed by atoms with Crippen molar-refractivity contribution in [3.63, 3.8) is 0 Å². The highest BCUT2D eigenvalue weighted by molar-refractivity contribution is 5.86. The number of anilines is 1. The Morgan fingerprint density at radius 1 is 0.684 bits per heavy atom. The largest absolute Gasteiger partial charge is 0.460 e. The highest BCUT2D eigenvalue weighted by Gasteiger charge is 2.93. The third-order valence-corrected chi connectivity index (χ3v) is 4.28. The molecule has 218 valence electrons. The number of hydrogen-bond acceptors (Lipinski definition) is 3. The van der Waals surface area contributed by atoms with E-state index in [1.54, 1.807) is 5.32 Å². The lowest BCUT2D eigenvalue weighted by Gasteiger charge is -2.41. The molecule has 38 heavy (non-hydrogen) atoms. The van der Waals surface area contributed by atoms with E-state index in [1.807, 2.05) is 0 Å². The third kappa shape index (κ3) is 4.97. The molecule has 0 saturated carbocycles. The van der Waals surface area contributed by atoms with Gasteiger partial charge in [0, 0.05) is 0 Å². The van der Waals surface area contributed by atoms with Crippen molar-refractivity contribution in [1.29, 1.82) is 0 Å². The van der Waals surface area contributed by atoms with Crippen LogP contribution in [0.2, 0.25) is 0 Å². The molecule has 0 radical (unpaired) electrons. The highest BCUT2D eigenvalue weighted by atomic mass is 19.4. The molecule has 0 spiro atoms. The van der Waals surface area contributed by atoms with Gasteiger partial charge in [0.05, 0.1) is 12.8 Å². The summed E-state index contributed by atoms with van der Waals surface area (Å²) >= 11 is 0. The molecule has 0 saturated heterocycles. The number of para-hydroxylation sites is 2. The van der Waals surface area contributed by atoms with Crippen molar-refractivity contribution in [2.45, 2.75) is 41.7 Å². The molecular weight excluding hydrogens is 589 g/mol. The molecule has 1 aromatic rings. The first kappa shape index (κ1) is 32.9. The first-order valence-corrected chi connectivity index (χ1v) is 8.76. The van der Waals surface area contributed by atoms with Gasteiger partial charge in [0.15, 0.2) is 5.75 Å². The number of nitrogens with one attached hydrogen (secondary N) is 1. The van der Waals surface area contributed by atoms with Crippen LogP contribution in [0.3, 0.4) is 0 Å². The standard InChI is InChI=1S/C17H8F17NO3/c1-37-10(36)35-6-4-2-3-5-7(6)38-9(19)8(18)11(20,21)12(22,23)13(24,25)14(26,27)15(28,29)16(30,31)17(32,33)34/h2-5H,1H3,(H,35,36). The van der Waals surface area contributed by atoms with Crippen LogP contribution in [0, 0.1) is 0 Å². The molecule has 0 heterocycles. The minimum absolute atomic E-state index is 0.469. The Kier molecular flexibility index (Phi) is 8.53. The number of rotatable bonds is 9. The van der Waals surface area contributed by atoms with Crippen molar-refractivity contribution < 1.29 is 88.9 Å². The number of ether oxygens (including phenoxy) is 2. The minimum atomic E-state index is -8.68. The number of hydrogen-bond donors (Lipinski definition) is 1. The van der Waals surface area contributed by atoms with Gasteiger partial charge in [-0.3, -0.25) is 5.32 Å². The van der Waals surface area contributed by atoms with Gasteiger partial charge in [0.1, 0.15) is 0 Å². The molecule has 0 unspecified atom stereocenters. The number of amides is 1. The van der Waals surface area contributed by atoms with Gasteiger partial charge in [-0.15, -0.1) is 0 Å². The van der Waals surface area contributed by atoms with E-state index < -0.39 is 71.1 Å². The quantitative estimate of drug-likeness (QED) is 0.234. The van der Waals surface area contributed by atoms with Crippen LogP contribution in [0.15, 0.2) is 36.1 Å². The van der Waals surface area contributed by atoms with Crippen LogP contribution < -0.4 is 10.1 Å². The maximum atomic E-state index is 13.8. The number of methoxy groups -OCH3 is 1. The van der Waals surface area contributed by atoms with Gasteiger partial charge in [-0.25, -0.2) is 4.79 Å². The zero-order valence-electron chi connectivity index (χ0n) is 17.5. The zero-order valence-corrected chi connectivity index (χ0v) is 17.5. The lowest BCUT2D eigenvalue weighted by Crippen LogP contribution is -2.72. The fourth-order valence-corrected chi connectivity index (χ4v) is 2.19. The highest BCUT2D eigenvalue weighted by Crippen LogP contribution is 2.63. The van der Waals surface area contributed by atoms with Crippen LogP contribution in [0.1, 0.15) is 0 Å². The van der Waals surface area contributed by atoms with Crippen LogP contribution >= 0.6 is 0 Å². The van der Waals surface area contributed by atoms with Crippen molar-refractivity contribution in [2.75, 3.05) is 12.4 Å². The summed E-state index contributed by atoms with van der Waals surface area (Å²) in [5.74, 6) is -55.9. The van der Waals surface area contributed by atoms with Crippen LogP contribution in [-0.2, 0) is 4.74 Å². The number of allylic oxidation sites excluding steroid dienone is 1. The van der Waals surface area contributed by atoms with Crippen molar-refractivity contribution in [3.8, 4) is 5.75 Å². The van der Waals surface area contributed by atoms with E-state index >= 15 is 0 Å². The number of benzene rings is 1. The summed E-state index contributed by atoms with van der Waals surface area (Å²) in [6.45, 7) is 0. The molecule has 1 amide bonds. The van der Waals surface area contributed by atoms with Gasteiger partial charge in [0.25, 0.3) is 0 Å². The molecule has 0 aromatic heterocycles. The van der Waals surface area contributed by atoms with E-state index in [2.05, 4.69) is 9.47 Å². The second-order valence-electron chi connectivity index (χ2n) is 6.75. The summed E-state index contributed by atoms with van der Waals surface area (Å²) in [6.07, 6.45) is -9.22. The summed E-state index contributed by atoms with van der Waals surface area (Å²) < 4.78 is 233. The molecule has 0 atom stereocenters.